The van der Waals surface area contributed by atoms with Crippen molar-refractivity contribution in [2.24, 2.45) is 0 Å². The molecule has 3 rings (SSSR count). The molecular formula is C16H15F3N4. The number of halogens is 3. The zero-order chi connectivity index (χ0) is 16.6. The van der Waals surface area contributed by atoms with E-state index < -0.39 is 18.3 Å². The maximum atomic E-state index is 13.4. The molecule has 2 heterocycles. The molecule has 0 radical (unpaired) electrons. The molecule has 1 aliphatic rings. The average Bonchev–Trinajstić information content (AvgIpc) is 2.96. The molecule has 4 nitrogen and oxygen atoms in total. The number of nitriles is 1. The third kappa shape index (κ3) is 2.77. The van der Waals surface area contributed by atoms with Crippen molar-refractivity contribution in [2.45, 2.75) is 38.0 Å². The lowest BCUT2D eigenvalue weighted by Gasteiger charge is -2.33. The minimum absolute atomic E-state index is 0.120. The number of alkyl halides is 3. The third-order valence-corrected chi connectivity index (χ3v) is 4.15. The van der Waals surface area contributed by atoms with Gasteiger partial charge in [0.15, 0.2) is 6.04 Å². The summed E-state index contributed by atoms with van der Waals surface area (Å²) in [6.45, 7) is 2.02. The largest absolute Gasteiger partial charge is 0.410 e. The number of nitrogens with one attached hydrogen (secondary N) is 1. The van der Waals surface area contributed by atoms with Gasteiger partial charge in [-0.3, -0.25) is 0 Å². The molecule has 7 heteroatoms. The molecule has 1 aromatic heterocycles. The number of nitrogens with zero attached hydrogens (tertiary/aromatic N) is 3. The van der Waals surface area contributed by atoms with Crippen LogP contribution in [0.4, 0.5) is 19.0 Å². The highest BCUT2D eigenvalue weighted by Crippen LogP contribution is 2.44. The summed E-state index contributed by atoms with van der Waals surface area (Å²) in [6, 6.07) is 7.13. The van der Waals surface area contributed by atoms with Crippen molar-refractivity contribution in [3.05, 3.63) is 47.2 Å². The first kappa shape index (κ1) is 15.4. The molecule has 0 amide bonds. The molecule has 0 saturated heterocycles. The van der Waals surface area contributed by atoms with E-state index in [2.05, 4.69) is 10.4 Å². The van der Waals surface area contributed by atoms with Crippen LogP contribution in [0.15, 0.2) is 30.5 Å². The molecule has 2 atom stereocenters. The van der Waals surface area contributed by atoms with Crippen LogP contribution in [-0.2, 0) is 6.42 Å². The molecule has 2 aromatic rings. The minimum atomic E-state index is -4.42. The Morgan fingerprint density at radius 2 is 2.04 bits per heavy atom. The predicted octanol–water partition coefficient (Wildman–Crippen LogP) is 3.98. The van der Waals surface area contributed by atoms with Crippen LogP contribution in [0.1, 0.15) is 42.1 Å². The summed E-state index contributed by atoms with van der Waals surface area (Å²) in [5, 5.41) is 15.8. The van der Waals surface area contributed by atoms with Gasteiger partial charge in [-0.25, -0.2) is 4.68 Å². The number of aromatic nitrogens is 2. The highest BCUT2D eigenvalue weighted by Gasteiger charge is 2.46. The number of benzene rings is 1. The van der Waals surface area contributed by atoms with Gasteiger partial charge in [-0.15, -0.1) is 0 Å². The Morgan fingerprint density at radius 3 is 2.61 bits per heavy atom. The Balaban J connectivity index is 2.00. The van der Waals surface area contributed by atoms with E-state index in [1.165, 1.54) is 6.20 Å². The van der Waals surface area contributed by atoms with E-state index in [4.69, 9.17) is 5.26 Å². The number of anilines is 1. The number of hydrogen-bond acceptors (Lipinski definition) is 3. The van der Waals surface area contributed by atoms with Crippen LogP contribution in [-0.4, -0.2) is 16.0 Å². The smallest absolute Gasteiger partial charge is 0.362 e. The van der Waals surface area contributed by atoms with E-state index >= 15 is 0 Å². The first-order valence-electron chi connectivity index (χ1n) is 7.33. The Kier molecular flexibility index (Phi) is 3.76. The molecule has 1 aromatic carbocycles. The third-order valence-electron chi connectivity index (χ3n) is 4.15. The molecule has 0 unspecified atom stereocenters. The van der Waals surface area contributed by atoms with Crippen molar-refractivity contribution in [1.29, 1.82) is 5.26 Å². The van der Waals surface area contributed by atoms with Crippen LogP contribution >= 0.6 is 0 Å². The number of aryl methyl sites for hydroxylation is 1. The van der Waals surface area contributed by atoms with Gasteiger partial charge in [0, 0.05) is 6.42 Å². The molecule has 0 bridgehead atoms. The van der Waals surface area contributed by atoms with E-state index in [9.17, 15) is 13.2 Å². The molecule has 1 N–H and O–H groups in total. The van der Waals surface area contributed by atoms with Gasteiger partial charge >= 0.3 is 6.18 Å². The summed E-state index contributed by atoms with van der Waals surface area (Å²) in [7, 11) is 0. The SMILES string of the molecule is CCc1ccc([C@H]2C[C@H](C(F)(F)F)n3ncc(C#N)c3N2)cc1. The standard InChI is InChI=1S/C16H15F3N4/c1-2-10-3-5-11(6-4-10)13-7-14(16(17,18)19)23-15(22-13)12(8-20)9-21-23/h3-6,9,13-14,22H,2,7H2,1H3/t13-,14-/m1/s1. The zero-order valence-corrected chi connectivity index (χ0v) is 12.4. The summed E-state index contributed by atoms with van der Waals surface area (Å²) in [6.07, 6.45) is -2.54. The van der Waals surface area contributed by atoms with Gasteiger partial charge in [0.25, 0.3) is 0 Å². The fourth-order valence-electron chi connectivity index (χ4n) is 2.85. The van der Waals surface area contributed by atoms with Gasteiger partial charge in [-0.2, -0.15) is 23.5 Å². The van der Waals surface area contributed by atoms with Crippen molar-refractivity contribution < 1.29 is 13.2 Å². The zero-order valence-electron chi connectivity index (χ0n) is 12.4. The average molecular weight is 320 g/mol. The van der Waals surface area contributed by atoms with Gasteiger partial charge in [0.05, 0.1) is 12.2 Å². The van der Waals surface area contributed by atoms with Crippen molar-refractivity contribution in [3.8, 4) is 6.07 Å². The number of fused-ring (bicyclic) bond motifs is 1. The van der Waals surface area contributed by atoms with Gasteiger partial charge in [0.1, 0.15) is 17.5 Å². The van der Waals surface area contributed by atoms with E-state index in [1.54, 1.807) is 0 Å². The molecule has 0 fully saturated rings. The maximum absolute atomic E-state index is 13.4. The highest BCUT2D eigenvalue weighted by molar-refractivity contribution is 5.54. The lowest BCUT2D eigenvalue weighted by Crippen LogP contribution is -2.35. The van der Waals surface area contributed by atoms with E-state index in [-0.39, 0.29) is 17.8 Å². The van der Waals surface area contributed by atoms with Crippen LogP contribution < -0.4 is 5.32 Å². The number of rotatable bonds is 2. The van der Waals surface area contributed by atoms with E-state index in [0.29, 0.717) is 0 Å². The molecule has 23 heavy (non-hydrogen) atoms. The number of hydrogen-bond donors (Lipinski definition) is 1. The molecule has 0 saturated carbocycles. The maximum Gasteiger partial charge on any atom is 0.410 e. The first-order valence-corrected chi connectivity index (χ1v) is 7.33. The van der Waals surface area contributed by atoms with Crippen molar-refractivity contribution in [2.75, 3.05) is 5.32 Å². The van der Waals surface area contributed by atoms with Crippen LogP contribution in [0.25, 0.3) is 0 Å². The van der Waals surface area contributed by atoms with Crippen molar-refractivity contribution >= 4 is 5.82 Å². The highest BCUT2D eigenvalue weighted by atomic mass is 19.4. The van der Waals surface area contributed by atoms with Gasteiger partial charge in [0.2, 0.25) is 0 Å². The molecular weight excluding hydrogens is 305 g/mol. The Labute approximate surface area is 131 Å². The van der Waals surface area contributed by atoms with Crippen LogP contribution in [0.2, 0.25) is 0 Å². The topological polar surface area (TPSA) is 53.6 Å². The summed E-state index contributed by atoms with van der Waals surface area (Å²) in [5.74, 6) is 0.130. The Hall–Kier alpha value is -2.49. The molecule has 120 valence electrons. The summed E-state index contributed by atoms with van der Waals surface area (Å²) in [5.41, 5.74) is 2.02. The van der Waals surface area contributed by atoms with Crippen molar-refractivity contribution in [1.82, 2.24) is 9.78 Å². The minimum Gasteiger partial charge on any atom is -0.362 e. The van der Waals surface area contributed by atoms with Crippen LogP contribution in [0.3, 0.4) is 0 Å². The van der Waals surface area contributed by atoms with E-state index in [0.717, 1.165) is 22.2 Å². The second-order valence-corrected chi connectivity index (χ2v) is 5.55. The molecule has 1 aliphatic heterocycles. The lowest BCUT2D eigenvalue weighted by molar-refractivity contribution is -0.173. The summed E-state index contributed by atoms with van der Waals surface area (Å²) < 4.78 is 41.0. The predicted molar refractivity (Wildman–Crippen MR) is 78.8 cm³/mol. The lowest BCUT2D eigenvalue weighted by atomic mass is 9.95. The summed E-state index contributed by atoms with van der Waals surface area (Å²) in [4.78, 5) is 0. The molecule has 0 spiro atoms. The fourth-order valence-corrected chi connectivity index (χ4v) is 2.85. The van der Waals surface area contributed by atoms with Crippen molar-refractivity contribution in [3.63, 3.8) is 0 Å². The fraction of sp³-hybridized carbons (Fsp3) is 0.375. The van der Waals surface area contributed by atoms with Gasteiger partial charge in [-0.1, -0.05) is 31.2 Å². The normalized spacial score (nSPS) is 20.5. The van der Waals surface area contributed by atoms with Crippen LogP contribution in [0.5, 0.6) is 0 Å². The monoisotopic (exact) mass is 320 g/mol. The van der Waals surface area contributed by atoms with Crippen LogP contribution in [0, 0.1) is 11.3 Å². The first-order chi connectivity index (χ1) is 10.9. The Morgan fingerprint density at radius 1 is 1.35 bits per heavy atom. The van der Waals surface area contributed by atoms with E-state index in [1.807, 2.05) is 37.3 Å². The second kappa shape index (κ2) is 5.61. The second-order valence-electron chi connectivity index (χ2n) is 5.55. The van der Waals surface area contributed by atoms with Gasteiger partial charge in [-0.05, 0) is 17.5 Å². The quantitative estimate of drug-likeness (QED) is 0.910. The van der Waals surface area contributed by atoms with Gasteiger partial charge < -0.3 is 5.32 Å². The molecule has 0 aliphatic carbocycles. The Bertz CT molecular complexity index is 740. The summed E-state index contributed by atoms with van der Waals surface area (Å²) >= 11 is 0.